The Labute approximate surface area is 131 Å². The third-order valence-electron chi connectivity index (χ3n) is 3.59. The largest absolute Gasteiger partial charge is 0.455 e. The molecule has 0 radical (unpaired) electrons. The van der Waals surface area contributed by atoms with Crippen molar-refractivity contribution in [2.75, 3.05) is 0 Å². The first-order valence-corrected chi connectivity index (χ1v) is 7.10. The van der Waals surface area contributed by atoms with Crippen molar-refractivity contribution in [2.45, 2.75) is 0 Å². The lowest BCUT2D eigenvalue weighted by Gasteiger charge is -2.09. The van der Waals surface area contributed by atoms with E-state index in [1.54, 1.807) is 18.2 Å². The monoisotopic (exact) mass is 301 g/mol. The normalized spacial score (nSPS) is 10.8. The average molecular weight is 301 g/mol. The van der Waals surface area contributed by atoms with Gasteiger partial charge in [0.25, 0.3) is 0 Å². The van der Waals surface area contributed by atoms with E-state index in [1.165, 1.54) is 6.20 Å². The summed E-state index contributed by atoms with van der Waals surface area (Å²) in [5, 5.41) is 11.8. The lowest BCUT2D eigenvalue weighted by Crippen LogP contribution is -2.09. The van der Waals surface area contributed by atoms with Crippen molar-refractivity contribution in [1.29, 1.82) is 0 Å². The van der Waals surface area contributed by atoms with E-state index in [2.05, 4.69) is 15.4 Å². The molecule has 0 aliphatic carbocycles. The molecular formula is C18H11N3O2. The van der Waals surface area contributed by atoms with Gasteiger partial charge in [-0.05, 0) is 23.4 Å². The Kier molecular flexibility index (Phi) is 3.16. The fourth-order valence-electron chi connectivity index (χ4n) is 2.54. The van der Waals surface area contributed by atoms with Crippen LogP contribution in [0.3, 0.4) is 0 Å². The molecule has 0 N–H and O–H groups in total. The van der Waals surface area contributed by atoms with E-state index in [0.29, 0.717) is 28.0 Å². The van der Waals surface area contributed by atoms with Crippen LogP contribution in [0.5, 0.6) is 0 Å². The quantitative estimate of drug-likeness (QED) is 0.568. The van der Waals surface area contributed by atoms with Gasteiger partial charge in [0.1, 0.15) is 17.0 Å². The zero-order chi connectivity index (χ0) is 15.6. The number of rotatable bonds is 2. The van der Waals surface area contributed by atoms with Gasteiger partial charge in [-0.3, -0.25) is 4.79 Å². The zero-order valence-electron chi connectivity index (χ0n) is 12.0. The van der Waals surface area contributed by atoms with Crippen LogP contribution in [0.2, 0.25) is 0 Å². The highest BCUT2D eigenvalue weighted by atomic mass is 16.3. The molecule has 5 heteroatoms. The molecule has 0 amide bonds. The molecule has 2 aromatic heterocycles. The lowest BCUT2D eigenvalue weighted by molar-refractivity contribution is 0.620. The first-order chi connectivity index (χ1) is 11.3. The molecule has 0 bridgehead atoms. The number of hydrogen-bond acceptors (Lipinski definition) is 5. The Morgan fingerprint density at radius 3 is 2.43 bits per heavy atom. The highest BCUT2D eigenvalue weighted by Crippen LogP contribution is 2.30. The van der Waals surface area contributed by atoms with Gasteiger partial charge in [-0.2, -0.15) is 0 Å². The molecule has 0 aliphatic heterocycles. The molecule has 2 aromatic carbocycles. The van der Waals surface area contributed by atoms with Crippen molar-refractivity contribution in [3.05, 3.63) is 77.1 Å². The van der Waals surface area contributed by atoms with Crippen LogP contribution < -0.4 is 5.43 Å². The minimum absolute atomic E-state index is 0.133. The number of hydrogen-bond donors (Lipinski definition) is 0. The molecule has 0 saturated carbocycles. The molecule has 110 valence electrons. The summed E-state index contributed by atoms with van der Waals surface area (Å²) in [6.45, 7) is 0. The van der Waals surface area contributed by atoms with Crippen molar-refractivity contribution in [3.63, 3.8) is 0 Å². The lowest BCUT2D eigenvalue weighted by atomic mass is 10.0. The minimum Gasteiger partial charge on any atom is -0.455 e. The molecule has 0 unspecified atom stereocenters. The molecule has 0 fully saturated rings. The molecule has 0 aliphatic rings. The van der Waals surface area contributed by atoms with Gasteiger partial charge in [0.05, 0.1) is 17.1 Å². The Morgan fingerprint density at radius 2 is 1.65 bits per heavy atom. The predicted octanol–water partition coefficient (Wildman–Crippen LogP) is 3.31. The van der Waals surface area contributed by atoms with Crippen LogP contribution in [0.1, 0.15) is 0 Å². The second-order valence-electron chi connectivity index (χ2n) is 5.00. The van der Waals surface area contributed by atoms with Gasteiger partial charge < -0.3 is 4.42 Å². The van der Waals surface area contributed by atoms with Crippen molar-refractivity contribution in [3.8, 4) is 22.6 Å². The highest BCUT2D eigenvalue weighted by molar-refractivity contribution is 5.87. The summed E-state index contributed by atoms with van der Waals surface area (Å²) in [7, 11) is 0. The number of aromatic nitrogens is 3. The number of para-hydroxylation sites is 1. The van der Waals surface area contributed by atoms with E-state index in [-0.39, 0.29) is 5.43 Å². The van der Waals surface area contributed by atoms with Gasteiger partial charge >= 0.3 is 0 Å². The molecule has 23 heavy (non-hydrogen) atoms. The fraction of sp³-hybridized carbons (Fsp3) is 0. The molecule has 4 aromatic rings. The standard InChI is InChI=1S/C18H11N3O2/c22-17-13-8-4-5-9-15(13)23-18(12-6-2-1-3-7-12)16(17)14-10-11-19-21-20-14/h1-11H. The maximum atomic E-state index is 13.0. The summed E-state index contributed by atoms with van der Waals surface area (Å²) < 4.78 is 6.03. The van der Waals surface area contributed by atoms with E-state index in [9.17, 15) is 4.79 Å². The van der Waals surface area contributed by atoms with Crippen LogP contribution in [-0.2, 0) is 0 Å². The van der Waals surface area contributed by atoms with Crippen molar-refractivity contribution in [2.24, 2.45) is 0 Å². The maximum Gasteiger partial charge on any atom is 0.202 e. The number of fused-ring (bicyclic) bond motifs is 1. The zero-order valence-corrected chi connectivity index (χ0v) is 12.0. The predicted molar refractivity (Wildman–Crippen MR) is 86.7 cm³/mol. The molecule has 0 spiro atoms. The van der Waals surface area contributed by atoms with Crippen LogP contribution in [0.15, 0.2) is 76.1 Å². The van der Waals surface area contributed by atoms with Gasteiger partial charge in [-0.15, -0.1) is 10.2 Å². The summed E-state index contributed by atoms with van der Waals surface area (Å²) in [4.78, 5) is 13.0. The second-order valence-corrected chi connectivity index (χ2v) is 5.00. The van der Waals surface area contributed by atoms with Crippen LogP contribution in [0.25, 0.3) is 33.6 Å². The van der Waals surface area contributed by atoms with E-state index >= 15 is 0 Å². The molecule has 4 rings (SSSR count). The first-order valence-electron chi connectivity index (χ1n) is 7.10. The smallest absolute Gasteiger partial charge is 0.202 e. The number of benzene rings is 2. The summed E-state index contributed by atoms with van der Waals surface area (Å²) in [6.07, 6.45) is 1.51. The fourth-order valence-corrected chi connectivity index (χ4v) is 2.54. The molecule has 0 saturated heterocycles. The summed E-state index contributed by atoms with van der Waals surface area (Å²) in [5.41, 5.74) is 2.06. The van der Waals surface area contributed by atoms with E-state index in [0.717, 1.165) is 5.56 Å². The van der Waals surface area contributed by atoms with Gasteiger partial charge in [0.15, 0.2) is 0 Å². The first kappa shape index (κ1) is 13.3. The van der Waals surface area contributed by atoms with Crippen LogP contribution in [0, 0.1) is 0 Å². The van der Waals surface area contributed by atoms with Gasteiger partial charge in [0.2, 0.25) is 5.43 Å². The Hall–Kier alpha value is -3.34. The highest BCUT2D eigenvalue weighted by Gasteiger charge is 2.18. The third kappa shape index (κ3) is 2.28. The van der Waals surface area contributed by atoms with Crippen LogP contribution >= 0.6 is 0 Å². The molecular weight excluding hydrogens is 290 g/mol. The van der Waals surface area contributed by atoms with Crippen LogP contribution in [-0.4, -0.2) is 15.4 Å². The summed E-state index contributed by atoms with van der Waals surface area (Å²) in [5.74, 6) is 0.481. The van der Waals surface area contributed by atoms with E-state index in [1.807, 2.05) is 42.5 Å². The van der Waals surface area contributed by atoms with Gasteiger partial charge in [-0.1, -0.05) is 42.5 Å². The SMILES string of the molecule is O=c1c(-c2ccnnn2)c(-c2ccccc2)oc2ccccc12. The summed E-state index contributed by atoms with van der Waals surface area (Å²) >= 11 is 0. The van der Waals surface area contributed by atoms with E-state index < -0.39 is 0 Å². The summed E-state index contributed by atoms with van der Waals surface area (Å²) in [6, 6.07) is 18.3. The van der Waals surface area contributed by atoms with Crippen molar-refractivity contribution >= 4 is 11.0 Å². The minimum atomic E-state index is -0.133. The van der Waals surface area contributed by atoms with E-state index in [4.69, 9.17) is 4.42 Å². The topological polar surface area (TPSA) is 68.9 Å². The average Bonchev–Trinajstić information content (AvgIpc) is 2.63. The van der Waals surface area contributed by atoms with Crippen molar-refractivity contribution < 1.29 is 4.42 Å². The second kappa shape index (κ2) is 5.46. The molecule has 5 nitrogen and oxygen atoms in total. The van der Waals surface area contributed by atoms with Crippen molar-refractivity contribution in [1.82, 2.24) is 15.4 Å². The Morgan fingerprint density at radius 1 is 0.870 bits per heavy atom. The van der Waals surface area contributed by atoms with Gasteiger partial charge in [0, 0.05) is 5.56 Å². The van der Waals surface area contributed by atoms with Gasteiger partial charge in [-0.25, -0.2) is 0 Å². The Balaban J connectivity index is 2.14. The molecule has 0 atom stereocenters. The Bertz CT molecular complexity index is 1030. The third-order valence-corrected chi connectivity index (χ3v) is 3.59. The maximum absolute atomic E-state index is 13.0. The van der Waals surface area contributed by atoms with Crippen LogP contribution in [0.4, 0.5) is 0 Å². The molecule has 2 heterocycles. The number of nitrogens with zero attached hydrogens (tertiary/aromatic N) is 3.